The zero-order valence-corrected chi connectivity index (χ0v) is 20.9. The van der Waals surface area contributed by atoms with E-state index in [1.165, 1.54) is 24.3 Å². The van der Waals surface area contributed by atoms with Gasteiger partial charge >= 0.3 is 0 Å². The Morgan fingerprint density at radius 3 is 2.64 bits per heavy atom. The van der Waals surface area contributed by atoms with Crippen molar-refractivity contribution < 1.29 is 13.6 Å². The van der Waals surface area contributed by atoms with Crippen LogP contribution in [0, 0.1) is 24.5 Å². The van der Waals surface area contributed by atoms with E-state index in [1.54, 1.807) is 23.6 Å². The summed E-state index contributed by atoms with van der Waals surface area (Å²) in [5.41, 5.74) is 1.16. The molecule has 2 aliphatic rings. The van der Waals surface area contributed by atoms with Crippen LogP contribution >= 0.6 is 0 Å². The first-order valence-electron chi connectivity index (χ1n) is 13.0. The molecule has 2 atom stereocenters. The third-order valence-corrected chi connectivity index (χ3v) is 7.73. The van der Waals surface area contributed by atoms with Crippen LogP contribution < -0.4 is 10.9 Å². The molecule has 1 aliphatic carbocycles. The number of hydrogen-bond acceptors (Lipinski definition) is 3. The number of fused-ring (bicyclic) bond motifs is 1. The fourth-order valence-corrected chi connectivity index (χ4v) is 5.78. The summed E-state index contributed by atoms with van der Waals surface area (Å²) in [6, 6.07) is 10.6. The van der Waals surface area contributed by atoms with E-state index in [-0.39, 0.29) is 35.1 Å². The molecule has 3 aromatic rings. The van der Waals surface area contributed by atoms with Crippen LogP contribution in [-0.4, -0.2) is 34.5 Å². The van der Waals surface area contributed by atoms with Gasteiger partial charge in [0.1, 0.15) is 11.6 Å². The number of rotatable bonds is 8. The van der Waals surface area contributed by atoms with Gasteiger partial charge in [-0.1, -0.05) is 31.2 Å². The number of amides is 1. The highest BCUT2D eigenvalue weighted by atomic mass is 19.1. The molecule has 2 unspecified atom stereocenters. The molecule has 36 heavy (non-hydrogen) atoms. The predicted molar refractivity (Wildman–Crippen MR) is 137 cm³/mol. The normalized spacial score (nSPS) is 19.1. The molecule has 0 radical (unpaired) electrons. The Hall–Kier alpha value is -3.06. The highest BCUT2D eigenvalue weighted by Gasteiger charge is 2.35. The standard InChI is InChI=1S/C29H33F2N3O2/c1-3-14-33-15-6-9-22(33)17-34-18(2)25(23-10-5-11-24(31)26(23)29(34)36)28(35)32-27(19-12-13-19)20-7-4-8-21(30)16-20/h4-5,7-8,10-11,16,19,22,27H,3,6,9,12-15,17H2,1-2H3,(H,32,35). The van der Waals surface area contributed by atoms with Crippen molar-refractivity contribution >= 4 is 16.7 Å². The van der Waals surface area contributed by atoms with Crippen molar-refractivity contribution in [3.05, 3.63) is 81.3 Å². The molecule has 1 aromatic heterocycles. The number of aromatic nitrogens is 1. The molecular weight excluding hydrogens is 460 g/mol. The molecule has 5 rings (SSSR count). The van der Waals surface area contributed by atoms with E-state index in [0.29, 0.717) is 28.8 Å². The second kappa shape index (κ2) is 10.1. The van der Waals surface area contributed by atoms with Crippen LogP contribution in [0.3, 0.4) is 0 Å². The van der Waals surface area contributed by atoms with E-state index in [1.807, 2.05) is 6.07 Å². The van der Waals surface area contributed by atoms with Crippen molar-refractivity contribution in [3.63, 3.8) is 0 Å². The molecule has 7 heteroatoms. The lowest BCUT2D eigenvalue weighted by molar-refractivity contribution is 0.0931. The van der Waals surface area contributed by atoms with Gasteiger partial charge in [-0.3, -0.25) is 14.5 Å². The van der Waals surface area contributed by atoms with Gasteiger partial charge in [-0.2, -0.15) is 0 Å². The zero-order chi connectivity index (χ0) is 25.4. The summed E-state index contributed by atoms with van der Waals surface area (Å²) in [5, 5.41) is 3.37. The molecule has 1 saturated heterocycles. The van der Waals surface area contributed by atoms with Crippen molar-refractivity contribution in [2.45, 2.75) is 64.6 Å². The number of nitrogens with one attached hydrogen (secondary N) is 1. The van der Waals surface area contributed by atoms with Crippen molar-refractivity contribution in [3.8, 4) is 0 Å². The number of pyridine rings is 1. The second-order valence-corrected chi connectivity index (χ2v) is 10.2. The van der Waals surface area contributed by atoms with Gasteiger partial charge in [0.25, 0.3) is 11.5 Å². The summed E-state index contributed by atoms with van der Waals surface area (Å²) in [5.74, 6) is -1.11. The van der Waals surface area contributed by atoms with Gasteiger partial charge in [0, 0.05) is 23.7 Å². The Morgan fingerprint density at radius 1 is 1.14 bits per heavy atom. The van der Waals surface area contributed by atoms with E-state index in [9.17, 15) is 14.0 Å². The maximum Gasteiger partial charge on any atom is 0.261 e. The molecule has 2 aromatic carbocycles. The smallest absolute Gasteiger partial charge is 0.261 e. The summed E-state index contributed by atoms with van der Waals surface area (Å²) in [7, 11) is 0. The monoisotopic (exact) mass is 493 g/mol. The average molecular weight is 494 g/mol. The van der Waals surface area contributed by atoms with Crippen LogP contribution in [0.15, 0.2) is 47.3 Å². The molecule has 2 heterocycles. The van der Waals surface area contributed by atoms with Gasteiger partial charge < -0.3 is 9.88 Å². The lowest BCUT2D eigenvalue weighted by Gasteiger charge is -2.27. The van der Waals surface area contributed by atoms with E-state index in [0.717, 1.165) is 45.2 Å². The number of carbonyl (C=O) groups is 1. The van der Waals surface area contributed by atoms with Crippen molar-refractivity contribution in [1.82, 2.24) is 14.8 Å². The Labute approximate surface area is 210 Å². The Kier molecular flexibility index (Phi) is 6.93. The molecule has 1 N–H and O–H groups in total. The maximum absolute atomic E-state index is 15.0. The summed E-state index contributed by atoms with van der Waals surface area (Å²) in [6.45, 7) is 6.26. The number of likely N-dealkylation sites (tertiary alicyclic amines) is 1. The number of nitrogens with zero attached hydrogens (tertiary/aromatic N) is 2. The Balaban J connectivity index is 1.57. The molecular formula is C29H33F2N3O2. The average Bonchev–Trinajstić information content (AvgIpc) is 3.60. The van der Waals surface area contributed by atoms with Crippen LogP contribution in [0.4, 0.5) is 8.78 Å². The van der Waals surface area contributed by atoms with Crippen LogP contribution in [-0.2, 0) is 6.54 Å². The summed E-state index contributed by atoms with van der Waals surface area (Å²) in [6.07, 6.45) is 4.94. The van der Waals surface area contributed by atoms with E-state index in [4.69, 9.17) is 0 Å². The van der Waals surface area contributed by atoms with Crippen LogP contribution in [0.2, 0.25) is 0 Å². The van der Waals surface area contributed by atoms with Crippen molar-refractivity contribution in [2.24, 2.45) is 5.92 Å². The molecule has 1 saturated carbocycles. The number of benzene rings is 2. The van der Waals surface area contributed by atoms with E-state index in [2.05, 4.69) is 17.1 Å². The predicted octanol–water partition coefficient (Wildman–Crippen LogP) is 5.34. The molecule has 1 amide bonds. The first-order chi connectivity index (χ1) is 17.4. The molecule has 0 spiro atoms. The second-order valence-electron chi connectivity index (χ2n) is 10.2. The lowest BCUT2D eigenvalue weighted by Crippen LogP contribution is -2.39. The maximum atomic E-state index is 15.0. The van der Waals surface area contributed by atoms with Crippen LogP contribution in [0.5, 0.6) is 0 Å². The van der Waals surface area contributed by atoms with Gasteiger partial charge in [-0.25, -0.2) is 8.78 Å². The minimum absolute atomic E-state index is 0.0537. The zero-order valence-electron chi connectivity index (χ0n) is 20.9. The summed E-state index contributed by atoms with van der Waals surface area (Å²) in [4.78, 5) is 29.7. The summed E-state index contributed by atoms with van der Waals surface area (Å²) >= 11 is 0. The first-order valence-corrected chi connectivity index (χ1v) is 13.0. The largest absolute Gasteiger partial charge is 0.345 e. The van der Waals surface area contributed by atoms with E-state index < -0.39 is 11.4 Å². The highest BCUT2D eigenvalue weighted by Crippen LogP contribution is 2.41. The first kappa shape index (κ1) is 24.6. The third kappa shape index (κ3) is 4.69. The van der Waals surface area contributed by atoms with Gasteiger partial charge in [-0.05, 0) is 81.8 Å². The summed E-state index contributed by atoms with van der Waals surface area (Å²) < 4.78 is 30.6. The molecule has 190 valence electrons. The van der Waals surface area contributed by atoms with Gasteiger partial charge in [-0.15, -0.1) is 0 Å². The highest BCUT2D eigenvalue weighted by molar-refractivity contribution is 6.08. The minimum atomic E-state index is -0.624. The van der Waals surface area contributed by atoms with Gasteiger partial charge in [0.15, 0.2) is 0 Å². The lowest BCUT2D eigenvalue weighted by atomic mass is 9.99. The van der Waals surface area contributed by atoms with Crippen molar-refractivity contribution in [1.29, 1.82) is 0 Å². The third-order valence-electron chi connectivity index (χ3n) is 7.73. The van der Waals surface area contributed by atoms with Crippen molar-refractivity contribution in [2.75, 3.05) is 13.1 Å². The molecule has 0 bridgehead atoms. The Morgan fingerprint density at radius 2 is 1.92 bits per heavy atom. The van der Waals surface area contributed by atoms with E-state index >= 15 is 4.39 Å². The quantitative estimate of drug-likeness (QED) is 0.461. The minimum Gasteiger partial charge on any atom is -0.345 e. The fraction of sp³-hybridized carbons (Fsp3) is 0.448. The van der Waals surface area contributed by atoms with Gasteiger partial charge in [0.05, 0.1) is 17.0 Å². The Bertz CT molecular complexity index is 1350. The number of hydrogen-bond donors (Lipinski definition) is 1. The fourth-order valence-electron chi connectivity index (χ4n) is 5.78. The SMILES string of the molecule is CCCN1CCCC1Cn1c(C)c(C(=O)NC(c2cccc(F)c2)C2CC2)c2cccc(F)c2c1=O. The number of halogens is 2. The molecule has 1 aliphatic heterocycles. The molecule has 2 fully saturated rings. The number of carbonyl (C=O) groups excluding carboxylic acids is 1. The molecule has 5 nitrogen and oxygen atoms in total. The van der Waals surface area contributed by atoms with Crippen LogP contribution in [0.25, 0.3) is 10.8 Å². The van der Waals surface area contributed by atoms with Gasteiger partial charge in [0.2, 0.25) is 0 Å². The topological polar surface area (TPSA) is 54.3 Å². The van der Waals surface area contributed by atoms with Crippen LogP contribution in [0.1, 0.15) is 66.7 Å².